The van der Waals surface area contributed by atoms with Crippen LogP contribution in [0.1, 0.15) is 40.0 Å². The molecule has 2 unspecified atom stereocenters. The van der Waals surface area contributed by atoms with Crippen molar-refractivity contribution in [3.63, 3.8) is 0 Å². The van der Waals surface area contributed by atoms with Crippen molar-refractivity contribution in [3.8, 4) is 11.4 Å². The predicted molar refractivity (Wildman–Crippen MR) is 108 cm³/mol. The topological polar surface area (TPSA) is 107 Å². The Bertz CT molecular complexity index is 1380. The second-order valence-electron chi connectivity index (χ2n) is 7.84. The van der Waals surface area contributed by atoms with Gasteiger partial charge in [0.05, 0.1) is 29.0 Å². The summed E-state index contributed by atoms with van der Waals surface area (Å²) in [4.78, 5) is 30.5. The molecule has 2 atom stereocenters. The zero-order valence-corrected chi connectivity index (χ0v) is 16.7. The van der Waals surface area contributed by atoms with Crippen LogP contribution >= 0.6 is 11.8 Å². The van der Waals surface area contributed by atoms with Crippen molar-refractivity contribution in [2.75, 3.05) is 5.75 Å². The van der Waals surface area contributed by atoms with Gasteiger partial charge in [0.2, 0.25) is 0 Å². The molecule has 30 heavy (non-hydrogen) atoms. The van der Waals surface area contributed by atoms with Crippen molar-refractivity contribution in [2.24, 2.45) is 5.73 Å². The fourth-order valence-electron chi connectivity index (χ4n) is 4.70. The number of benzene rings is 1. The van der Waals surface area contributed by atoms with Crippen LogP contribution < -0.4 is 11.3 Å². The van der Waals surface area contributed by atoms with Crippen LogP contribution in [0.2, 0.25) is 0 Å². The van der Waals surface area contributed by atoms with Crippen LogP contribution in [0.3, 0.4) is 0 Å². The summed E-state index contributed by atoms with van der Waals surface area (Å²) in [5.41, 5.74) is 10.5. The maximum atomic E-state index is 14.6. The Balaban J connectivity index is 1.70. The molecule has 6 rings (SSSR count). The van der Waals surface area contributed by atoms with Crippen LogP contribution in [0.4, 0.5) is 4.39 Å². The summed E-state index contributed by atoms with van der Waals surface area (Å²) in [6, 6.07) is 2.75. The van der Waals surface area contributed by atoms with Crippen LogP contribution in [0, 0.1) is 12.7 Å². The molecule has 0 bridgehead atoms. The van der Waals surface area contributed by atoms with E-state index in [1.54, 1.807) is 17.6 Å². The minimum Gasteiger partial charge on any atom is -0.458 e. The van der Waals surface area contributed by atoms with Crippen molar-refractivity contribution in [1.29, 1.82) is 0 Å². The molecular weight excluding hydrogens is 409 g/mol. The monoisotopic (exact) mass is 425 g/mol. The minimum atomic E-state index is -1.51. The highest BCUT2D eigenvalue weighted by Gasteiger charge is 2.36. The normalized spacial score (nSPS) is 21.3. The van der Waals surface area contributed by atoms with Gasteiger partial charge in [0.1, 0.15) is 12.4 Å². The van der Waals surface area contributed by atoms with E-state index in [4.69, 9.17) is 15.5 Å². The van der Waals surface area contributed by atoms with E-state index in [0.29, 0.717) is 28.2 Å². The van der Waals surface area contributed by atoms with Gasteiger partial charge in [0.25, 0.3) is 5.56 Å². The van der Waals surface area contributed by atoms with Crippen LogP contribution in [-0.4, -0.2) is 26.4 Å². The minimum absolute atomic E-state index is 0.173. The number of carbonyl (C=O) groups is 1. The number of nitrogens with zero attached hydrogens (tertiary/aromatic N) is 2. The molecule has 2 aromatic heterocycles. The van der Waals surface area contributed by atoms with Gasteiger partial charge in [0, 0.05) is 39.3 Å². The Morgan fingerprint density at radius 3 is 2.93 bits per heavy atom. The van der Waals surface area contributed by atoms with E-state index in [1.165, 1.54) is 17.8 Å². The first-order valence-corrected chi connectivity index (χ1v) is 10.5. The molecule has 0 amide bonds. The first-order valence-electron chi connectivity index (χ1n) is 9.52. The first kappa shape index (κ1) is 18.1. The average molecular weight is 425 g/mol. The number of nitrogens with two attached hydrogens (primary N) is 1. The lowest BCUT2D eigenvalue weighted by Crippen LogP contribution is -2.32. The van der Waals surface area contributed by atoms with E-state index < -0.39 is 12.1 Å². The van der Waals surface area contributed by atoms with Gasteiger partial charge >= 0.3 is 5.97 Å². The number of carbonyl (C=O) groups excluding carboxylic acids is 1. The van der Waals surface area contributed by atoms with Crippen molar-refractivity contribution >= 4 is 28.6 Å². The number of cyclic esters (lactones) is 1. The highest BCUT2D eigenvalue weighted by molar-refractivity contribution is 7.99. The smallest absolute Gasteiger partial charge is 0.340 e. The van der Waals surface area contributed by atoms with E-state index in [1.807, 2.05) is 0 Å². The SMILES string of the molecule is Cc1c(F)cc2nc3c(c4c2c1SCC4N)Cn1c-3cc2c(c1=O)COC(=O)C2O. The zero-order chi connectivity index (χ0) is 20.9. The van der Waals surface area contributed by atoms with E-state index in [-0.39, 0.29) is 41.7 Å². The number of thioether (sulfide) groups is 1. The Labute approximate surface area is 173 Å². The molecule has 1 aromatic carbocycles. The lowest BCUT2D eigenvalue weighted by molar-refractivity contribution is -0.157. The Morgan fingerprint density at radius 2 is 2.13 bits per heavy atom. The third-order valence-electron chi connectivity index (χ3n) is 6.21. The molecule has 0 radical (unpaired) electrons. The molecule has 0 saturated carbocycles. The van der Waals surface area contributed by atoms with Gasteiger partial charge < -0.3 is 20.1 Å². The summed E-state index contributed by atoms with van der Waals surface area (Å²) in [6.07, 6.45) is -1.51. The highest BCUT2D eigenvalue weighted by atomic mass is 32.2. The third kappa shape index (κ3) is 2.14. The van der Waals surface area contributed by atoms with E-state index in [9.17, 15) is 19.1 Å². The zero-order valence-electron chi connectivity index (χ0n) is 15.9. The molecule has 7 nitrogen and oxygen atoms in total. The average Bonchev–Trinajstić information content (AvgIpc) is 3.09. The second-order valence-corrected chi connectivity index (χ2v) is 8.87. The van der Waals surface area contributed by atoms with E-state index in [2.05, 4.69) is 0 Å². The van der Waals surface area contributed by atoms with Gasteiger partial charge in [-0.15, -0.1) is 11.8 Å². The Hall–Kier alpha value is -2.75. The lowest BCUT2D eigenvalue weighted by Gasteiger charge is -2.26. The van der Waals surface area contributed by atoms with Crippen LogP contribution in [0.25, 0.3) is 22.3 Å². The van der Waals surface area contributed by atoms with Crippen molar-refractivity contribution in [3.05, 3.63) is 56.1 Å². The molecule has 152 valence electrons. The van der Waals surface area contributed by atoms with Crippen molar-refractivity contribution < 1.29 is 19.0 Å². The van der Waals surface area contributed by atoms with Gasteiger partial charge in [-0.3, -0.25) is 4.79 Å². The molecule has 0 fully saturated rings. The largest absolute Gasteiger partial charge is 0.458 e. The number of aliphatic hydroxyl groups excluding tert-OH is 1. The van der Waals surface area contributed by atoms with Crippen LogP contribution in [0.5, 0.6) is 0 Å². The number of ether oxygens (including phenoxy) is 1. The van der Waals surface area contributed by atoms with Gasteiger partial charge in [-0.05, 0) is 24.1 Å². The van der Waals surface area contributed by atoms with E-state index >= 15 is 0 Å². The van der Waals surface area contributed by atoms with Crippen LogP contribution in [0.15, 0.2) is 21.8 Å². The molecular formula is C21H16FN3O4S. The summed E-state index contributed by atoms with van der Waals surface area (Å²) in [6.45, 7) is 1.86. The number of pyridine rings is 2. The number of halogens is 1. The number of aromatic nitrogens is 2. The van der Waals surface area contributed by atoms with Gasteiger partial charge in [-0.2, -0.15) is 0 Å². The van der Waals surface area contributed by atoms with E-state index in [0.717, 1.165) is 21.4 Å². The quantitative estimate of drug-likeness (QED) is 0.415. The molecule has 3 N–H and O–H groups in total. The lowest BCUT2D eigenvalue weighted by atomic mass is 9.94. The van der Waals surface area contributed by atoms with Crippen molar-refractivity contribution in [2.45, 2.75) is 37.1 Å². The molecule has 0 aliphatic carbocycles. The van der Waals surface area contributed by atoms with Gasteiger partial charge in [0.15, 0.2) is 6.10 Å². The number of fused-ring (bicyclic) bond motifs is 5. The molecule has 5 heterocycles. The second kappa shape index (κ2) is 5.90. The fraction of sp³-hybridized carbons (Fsp3) is 0.286. The summed E-state index contributed by atoms with van der Waals surface area (Å²) in [5.74, 6) is -0.517. The number of esters is 1. The van der Waals surface area contributed by atoms with Crippen LogP contribution in [-0.2, 0) is 22.7 Å². The molecule has 9 heteroatoms. The summed E-state index contributed by atoms with van der Waals surface area (Å²) in [7, 11) is 0. The Morgan fingerprint density at radius 1 is 1.33 bits per heavy atom. The summed E-state index contributed by atoms with van der Waals surface area (Å²) >= 11 is 1.52. The third-order valence-corrected chi connectivity index (χ3v) is 7.53. The molecule has 0 saturated heterocycles. The molecule has 3 aliphatic heterocycles. The molecule has 0 spiro atoms. The van der Waals surface area contributed by atoms with Gasteiger partial charge in [-0.25, -0.2) is 14.2 Å². The van der Waals surface area contributed by atoms with Gasteiger partial charge in [-0.1, -0.05) is 0 Å². The van der Waals surface area contributed by atoms with Crippen molar-refractivity contribution in [1.82, 2.24) is 9.55 Å². The number of aliphatic hydroxyl groups is 1. The number of hydrogen-bond donors (Lipinski definition) is 2. The predicted octanol–water partition coefficient (Wildman–Crippen LogP) is 2.07. The summed E-state index contributed by atoms with van der Waals surface area (Å²) in [5, 5.41) is 11.1. The highest BCUT2D eigenvalue weighted by Crippen LogP contribution is 2.47. The summed E-state index contributed by atoms with van der Waals surface area (Å²) < 4.78 is 21.0. The maximum Gasteiger partial charge on any atom is 0.340 e. The number of hydrogen-bond acceptors (Lipinski definition) is 7. The standard InChI is InChI=1S/C21H16FN3O4S/c1-7-11(22)3-13-16-15(12(23)6-30-19(7)16)9-4-25-14(17(9)24-13)2-8-10(20(25)27)5-29-21(28)18(8)26/h2-3,12,18,26H,4-6,23H2,1H3. The first-order chi connectivity index (χ1) is 14.4. The maximum absolute atomic E-state index is 14.6. The number of rotatable bonds is 0. The molecule has 3 aliphatic rings. The molecule has 3 aromatic rings. The Kier molecular flexibility index (Phi) is 3.55. The fourth-order valence-corrected chi connectivity index (χ4v) is 5.89.